The lowest BCUT2D eigenvalue weighted by Crippen LogP contribution is -2.21. The fraction of sp³-hybridized carbons (Fsp3) is 0.176. The zero-order valence-corrected chi connectivity index (χ0v) is 28.3. The van der Waals surface area contributed by atoms with Gasteiger partial charge in [-0.1, -0.05) is 36.4 Å². The van der Waals surface area contributed by atoms with Crippen molar-refractivity contribution in [3.63, 3.8) is 0 Å². The highest BCUT2D eigenvalue weighted by atomic mass is 32.1. The first kappa shape index (κ1) is 33.2. The van der Waals surface area contributed by atoms with E-state index in [-0.39, 0.29) is 57.6 Å². The lowest BCUT2D eigenvalue weighted by Gasteiger charge is -2.17. The zero-order chi connectivity index (χ0) is 35.7. The third kappa shape index (κ3) is 5.13. The first-order valence-electron chi connectivity index (χ1n) is 15.2. The van der Waals surface area contributed by atoms with Gasteiger partial charge in [-0.05, 0) is 50.4 Å². The first-order chi connectivity index (χ1) is 24.3. The van der Waals surface area contributed by atoms with E-state index in [9.17, 15) is 21.0 Å². The van der Waals surface area contributed by atoms with Crippen LogP contribution in [0, 0.1) is 65.7 Å². The van der Waals surface area contributed by atoms with Crippen molar-refractivity contribution < 1.29 is 9.47 Å². The highest BCUT2D eigenvalue weighted by Gasteiger charge is 2.25. The van der Waals surface area contributed by atoms with E-state index in [1.54, 1.807) is 57.7 Å². The van der Waals surface area contributed by atoms with Gasteiger partial charge in [0, 0.05) is 35.3 Å². The molecule has 0 aliphatic rings. The van der Waals surface area contributed by atoms with E-state index in [0.717, 1.165) is 0 Å². The van der Waals surface area contributed by atoms with Gasteiger partial charge in [-0.3, -0.25) is 21.0 Å². The van der Waals surface area contributed by atoms with Crippen LogP contribution in [0.4, 0.5) is 0 Å². The maximum absolute atomic E-state index is 10.3. The fourth-order valence-electron chi connectivity index (χ4n) is 6.06. The fourth-order valence-corrected chi connectivity index (χ4v) is 6.67. The van der Waals surface area contributed by atoms with E-state index in [4.69, 9.17) is 44.7 Å². The predicted molar refractivity (Wildman–Crippen MR) is 185 cm³/mol. The second kappa shape index (κ2) is 13.4. The average molecular weight is 699 g/mol. The summed E-state index contributed by atoms with van der Waals surface area (Å²) in [4.78, 5) is 0. The molecule has 0 radical (unpaired) electrons. The summed E-state index contributed by atoms with van der Waals surface area (Å²) in [5.74, 6) is 0.712. The molecule has 4 aromatic heterocycles. The van der Waals surface area contributed by atoms with Crippen molar-refractivity contribution in [1.82, 2.24) is 28.4 Å². The third-order valence-electron chi connectivity index (χ3n) is 8.20. The van der Waals surface area contributed by atoms with Crippen molar-refractivity contribution in [3.8, 4) is 58.0 Å². The Morgan fingerprint density at radius 1 is 0.620 bits per heavy atom. The van der Waals surface area contributed by atoms with Crippen molar-refractivity contribution in [2.75, 3.05) is 13.2 Å². The number of fused-ring (bicyclic) bond motifs is 2. The standard InChI is InChI=1S/C34H26N12O2S2/c1-3-43-31-23(17-37)27(21(15-35)29(39)45(31)41-33(43)49)19-9-5-7-11-25(19)47-13-14-48-26-12-8-6-10-20(26)28-22(16-36)30(40)46-32(24(28)18-38)44(4-2)34(50)42-46/h5-12,39-40H,3-4,13-14H2,1-2H3,(H,41,49)(H,42,50). The smallest absolute Gasteiger partial charge is 0.194 e. The highest BCUT2D eigenvalue weighted by molar-refractivity contribution is 7.71. The van der Waals surface area contributed by atoms with Gasteiger partial charge in [0.15, 0.2) is 31.8 Å². The maximum Gasteiger partial charge on any atom is 0.194 e. The summed E-state index contributed by atoms with van der Waals surface area (Å²) in [6.07, 6.45) is 0. The number of hydrogen-bond donors (Lipinski definition) is 4. The van der Waals surface area contributed by atoms with Crippen molar-refractivity contribution in [2.45, 2.75) is 26.9 Å². The summed E-state index contributed by atoms with van der Waals surface area (Å²) >= 11 is 10.9. The zero-order valence-electron chi connectivity index (χ0n) is 26.7. The van der Waals surface area contributed by atoms with Crippen molar-refractivity contribution in [2.24, 2.45) is 0 Å². The second-order valence-electron chi connectivity index (χ2n) is 10.7. The van der Waals surface area contributed by atoms with Crippen LogP contribution in [0.15, 0.2) is 48.5 Å². The Hall–Kier alpha value is -6.72. The Balaban J connectivity index is 1.37. The number of nitriles is 4. The minimum Gasteiger partial charge on any atom is -0.489 e. The number of pyridine rings is 2. The van der Waals surface area contributed by atoms with Gasteiger partial charge < -0.3 is 18.6 Å². The Morgan fingerprint density at radius 3 is 1.32 bits per heavy atom. The van der Waals surface area contributed by atoms with E-state index >= 15 is 0 Å². The molecular weight excluding hydrogens is 673 g/mol. The van der Waals surface area contributed by atoms with Crippen LogP contribution in [0.2, 0.25) is 0 Å². The van der Waals surface area contributed by atoms with Crippen molar-refractivity contribution in [3.05, 3.63) is 91.3 Å². The van der Waals surface area contributed by atoms with Crippen LogP contribution in [0.5, 0.6) is 11.5 Å². The molecule has 0 aliphatic carbocycles. The lowest BCUT2D eigenvalue weighted by molar-refractivity contribution is 0.218. The molecule has 0 saturated carbocycles. The van der Waals surface area contributed by atoms with Crippen molar-refractivity contribution in [1.29, 1.82) is 31.9 Å². The van der Waals surface area contributed by atoms with Crippen molar-refractivity contribution >= 4 is 35.7 Å². The van der Waals surface area contributed by atoms with Gasteiger partial charge in [-0.2, -0.15) is 21.0 Å². The monoisotopic (exact) mass is 698 g/mol. The molecule has 246 valence electrons. The molecule has 4 N–H and O–H groups in total. The van der Waals surface area contributed by atoms with Crippen LogP contribution in [0.3, 0.4) is 0 Å². The summed E-state index contributed by atoms with van der Waals surface area (Å²) in [6, 6.07) is 22.4. The first-order valence-corrected chi connectivity index (χ1v) is 16.0. The number of H-pyrrole nitrogens is 2. The third-order valence-corrected chi connectivity index (χ3v) is 8.82. The number of aromatic nitrogens is 6. The van der Waals surface area contributed by atoms with Crippen LogP contribution < -0.4 is 20.4 Å². The van der Waals surface area contributed by atoms with Crippen LogP contribution in [0.1, 0.15) is 36.1 Å². The van der Waals surface area contributed by atoms with Gasteiger partial charge in [-0.25, -0.2) is 9.03 Å². The summed E-state index contributed by atoms with van der Waals surface area (Å²) in [7, 11) is 0. The summed E-state index contributed by atoms with van der Waals surface area (Å²) in [5.41, 5.74) is 2.07. The Morgan fingerprint density at radius 2 is 0.980 bits per heavy atom. The van der Waals surface area contributed by atoms with Gasteiger partial charge in [0.25, 0.3) is 0 Å². The molecule has 14 nitrogen and oxygen atoms in total. The number of hydrogen-bond acceptors (Lipinski definition) is 10. The van der Waals surface area contributed by atoms with E-state index in [2.05, 4.69) is 34.5 Å². The summed E-state index contributed by atoms with van der Waals surface area (Å²) in [6.45, 7) is 4.65. The quantitative estimate of drug-likeness (QED) is 0.116. The van der Waals surface area contributed by atoms with Crippen LogP contribution in [-0.2, 0) is 13.1 Å². The normalized spacial score (nSPS) is 10.8. The Kier molecular flexibility index (Phi) is 8.91. The lowest BCUT2D eigenvalue weighted by atomic mass is 9.96. The topological polar surface area (TPSA) is 212 Å². The number of para-hydroxylation sites is 2. The molecule has 16 heteroatoms. The number of rotatable bonds is 9. The van der Waals surface area contributed by atoms with Crippen LogP contribution >= 0.6 is 24.4 Å². The molecule has 2 aromatic carbocycles. The number of aryl methyl sites for hydroxylation is 2. The second-order valence-corrected chi connectivity index (χ2v) is 11.5. The number of nitrogens with zero attached hydrogens (tertiary/aromatic N) is 8. The van der Waals surface area contributed by atoms with E-state index in [0.29, 0.717) is 56.6 Å². The van der Waals surface area contributed by atoms with Gasteiger partial charge >= 0.3 is 0 Å². The average Bonchev–Trinajstić information content (AvgIpc) is 3.66. The van der Waals surface area contributed by atoms with E-state index < -0.39 is 0 Å². The molecular formula is C34H26N12O2S2. The Labute approximate surface area is 294 Å². The molecule has 6 aromatic rings. The Bertz CT molecular complexity index is 2590. The molecule has 0 spiro atoms. The van der Waals surface area contributed by atoms with Gasteiger partial charge in [0.2, 0.25) is 0 Å². The number of aromatic amines is 2. The highest BCUT2D eigenvalue weighted by Crippen LogP contribution is 2.37. The molecule has 0 amide bonds. The summed E-state index contributed by atoms with van der Waals surface area (Å²) < 4.78 is 19.0. The molecule has 0 saturated heterocycles. The summed E-state index contributed by atoms with van der Waals surface area (Å²) in [5, 5.41) is 64.3. The van der Waals surface area contributed by atoms with E-state index in [1.807, 2.05) is 13.8 Å². The molecule has 0 atom stereocenters. The largest absolute Gasteiger partial charge is 0.489 e. The molecule has 0 fully saturated rings. The minimum absolute atomic E-state index is 0.0248. The number of ether oxygens (including phenoxy) is 2. The number of nitrogens with one attached hydrogen (secondary N) is 4. The number of benzene rings is 2. The molecule has 0 bridgehead atoms. The molecule has 6 rings (SSSR count). The molecule has 0 aliphatic heterocycles. The maximum atomic E-state index is 10.3. The predicted octanol–water partition coefficient (Wildman–Crippen LogP) is 5.19. The molecule has 50 heavy (non-hydrogen) atoms. The van der Waals surface area contributed by atoms with Gasteiger partial charge in [0.1, 0.15) is 71.2 Å². The minimum atomic E-state index is -0.154. The van der Waals surface area contributed by atoms with E-state index in [1.165, 1.54) is 9.03 Å². The van der Waals surface area contributed by atoms with Gasteiger partial charge in [-0.15, -0.1) is 0 Å². The van der Waals surface area contributed by atoms with Crippen LogP contribution in [0.25, 0.3) is 33.5 Å². The SMILES string of the molecule is CCn1c(=S)[nH]n2c(=N)c(C#N)c(-c3ccccc3OCCOc3ccccc3-c3c(C#N)c(=N)n4[nH]c(=S)n(CC)c4c3C#N)c(C#N)c12. The molecule has 4 heterocycles. The molecule has 0 unspecified atom stereocenters. The van der Waals surface area contributed by atoms with Crippen LogP contribution in [-0.4, -0.2) is 41.6 Å². The van der Waals surface area contributed by atoms with Gasteiger partial charge in [0.05, 0.1) is 0 Å².